The minimum atomic E-state index is -1.62. The van der Waals surface area contributed by atoms with Gasteiger partial charge in [0.25, 0.3) is 0 Å². The number of thiazole rings is 1. The van der Waals surface area contributed by atoms with Gasteiger partial charge in [0.1, 0.15) is 6.10 Å². The summed E-state index contributed by atoms with van der Waals surface area (Å²) in [6, 6.07) is 6.64. The number of nitrogen functional groups attached to an aromatic ring is 1. The monoisotopic (exact) mass is 279 g/mol. The van der Waals surface area contributed by atoms with Crippen LogP contribution >= 0.6 is 11.3 Å². The zero-order valence-corrected chi connectivity index (χ0v) is 10.7. The maximum absolute atomic E-state index is 10.8. The summed E-state index contributed by atoms with van der Waals surface area (Å²) in [6.07, 6.45) is -2.96. The van der Waals surface area contributed by atoms with E-state index >= 15 is 0 Å². The topological polar surface area (TPSA) is 122 Å². The third-order valence-corrected chi connectivity index (χ3v) is 3.33. The minimum absolute atomic E-state index is 0.401. The van der Waals surface area contributed by atoms with Crippen LogP contribution in [0.4, 0.5) is 5.13 Å². The Morgan fingerprint density at radius 2 is 1.89 bits per heavy atom. The predicted octanol–water partition coefficient (Wildman–Crippen LogP) is 0.272. The molecule has 0 aliphatic carbocycles. The quantitative estimate of drug-likeness (QED) is 0.640. The number of nitrogens with zero attached hydrogens (tertiary/aromatic N) is 1. The molecule has 0 saturated heterocycles. The van der Waals surface area contributed by atoms with Gasteiger partial charge in [-0.25, -0.2) is 4.98 Å². The lowest BCUT2D eigenvalue weighted by molar-refractivity contribution is -0.131. The smallest absolute Gasteiger partial charge is 0.249 e. The molecular formula is C12H13N3O3S. The number of primary amides is 1. The standard InChI is InChI=1S/C12H13N3O3S/c13-11(18)10(17)9(16)7-3-1-6(2-4-7)8-5-19-12(14)15-8/h1-5,9-10,16-17H,(H2,13,18)(H2,14,15). The van der Waals surface area contributed by atoms with Crippen molar-refractivity contribution in [2.45, 2.75) is 12.2 Å². The summed E-state index contributed by atoms with van der Waals surface area (Å²) in [5, 5.41) is 21.4. The van der Waals surface area contributed by atoms with Gasteiger partial charge in [-0.1, -0.05) is 24.3 Å². The van der Waals surface area contributed by atoms with E-state index in [2.05, 4.69) is 4.98 Å². The van der Waals surface area contributed by atoms with Gasteiger partial charge in [-0.05, 0) is 5.56 Å². The molecule has 2 atom stereocenters. The van der Waals surface area contributed by atoms with Gasteiger partial charge in [0, 0.05) is 10.9 Å². The van der Waals surface area contributed by atoms with Crippen LogP contribution in [0.2, 0.25) is 0 Å². The number of aliphatic hydroxyl groups excluding tert-OH is 2. The molecule has 1 aromatic carbocycles. The second-order valence-electron chi connectivity index (χ2n) is 3.99. The molecule has 2 aromatic rings. The zero-order valence-electron chi connectivity index (χ0n) is 9.85. The van der Waals surface area contributed by atoms with Gasteiger partial charge in [-0.3, -0.25) is 4.79 Å². The number of carbonyl (C=O) groups is 1. The normalized spacial score (nSPS) is 14.0. The largest absolute Gasteiger partial charge is 0.385 e. The van der Waals surface area contributed by atoms with Gasteiger partial charge in [0.2, 0.25) is 5.91 Å². The molecule has 1 amide bonds. The highest BCUT2D eigenvalue weighted by molar-refractivity contribution is 7.13. The van der Waals surface area contributed by atoms with Gasteiger partial charge < -0.3 is 21.7 Å². The van der Waals surface area contributed by atoms with E-state index in [-0.39, 0.29) is 0 Å². The Bertz CT molecular complexity index is 582. The molecule has 1 aromatic heterocycles. The first kappa shape index (κ1) is 13.5. The third kappa shape index (κ3) is 2.90. The fourth-order valence-electron chi connectivity index (χ4n) is 1.61. The average molecular weight is 279 g/mol. The van der Waals surface area contributed by atoms with E-state index in [9.17, 15) is 15.0 Å². The molecule has 2 unspecified atom stereocenters. The number of benzene rings is 1. The summed E-state index contributed by atoms with van der Waals surface area (Å²) < 4.78 is 0. The molecule has 1 heterocycles. The third-order valence-electron chi connectivity index (χ3n) is 2.66. The first-order valence-electron chi connectivity index (χ1n) is 5.46. The second kappa shape index (κ2) is 5.35. The summed E-state index contributed by atoms with van der Waals surface area (Å²) in [5.74, 6) is -0.969. The Morgan fingerprint density at radius 1 is 1.26 bits per heavy atom. The highest BCUT2D eigenvalue weighted by atomic mass is 32.1. The average Bonchev–Trinajstić information content (AvgIpc) is 2.84. The number of hydrogen-bond acceptors (Lipinski definition) is 6. The SMILES string of the molecule is NC(=O)C(O)C(O)c1ccc(-c2csc(N)n2)cc1. The fourth-order valence-corrected chi connectivity index (χ4v) is 2.18. The molecule has 7 heteroatoms. The number of aliphatic hydroxyl groups is 2. The Labute approximate surface area is 113 Å². The first-order valence-corrected chi connectivity index (χ1v) is 6.34. The summed E-state index contributed by atoms with van der Waals surface area (Å²) in [5.41, 5.74) is 12.4. The second-order valence-corrected chi connectivity index (χ2v) is 4.87. The molecule has 6 N–H and O–H groups in total. The molecule has 0 radical (unpaired) electrons. The molecule has 2 rings (SSSR count). The van der Waals surface area contributed by atoms with Crippen LogP contribution in [0.15, 0.2) is 29.6 Å². The van der Waals surface area contributed by atoms with E-state index in [1.807, 2.05) is 5.38 Å². The summed E-state index contributed by atoms with van der Waals surface area (Å²) in [7, 11) is 0. The van der Waals surface area contributed by atoms with Gasteiger partial charge in [-0.2, -0.15) is 0 Å². The molecule has 0 spiro atoms. The van der Waals surface area contributed by atoms with Crippen molar-refractivity contribution in [1.82, 2.24) is 4.98 Å². The number of nitrogens with two attached hydrogens (primary N) is 2. The molecule has 0 aliphatic rings. The van der Waals surface area contributed by atoms with Gasteiger partial charge in [0.15, 0.2) is 11.2 Å². The van der Waals surface area contributed by atoms with Crippen molar-refractivity contribution in [2.75, 3.05) is 5.73 Å². The van der Waals surface area contributed by atoms with Crippen molar-refractivity contribution in [3.63, 3.8) is 0 Å². The van der Waals surface area contributed by atoms with Crippen molar-refractivity contribution < 1.29 is 15.0 Å². The molecule has 19 heavy (non-hydrogen) atoms. The fraction of sp³-hybridized carbons (Fsp3) is 0.167. The van der Waals surface area contributed by atoms with Crippen LogP contribution < -0.4 is 11.5 Å². The van der Waals surface area contributed by atoms with Crippen molar-refractivity contribution in [3.05, 3.63) is 35.2 Å². The van der Waals surface area contributed by atoms with E-state index in [0.717, 1.165) is 11.3 Å². The van der Waals surface area contributed by atoms with Crippen LogP contribution in [0.5, 0.6) is 0 Å². The Hall–Kier alpha value is -1.96. The molecular weight excluding hydrogens is 266 g/mol. The maximum Gasteiger partial charge on any atom is 0.249 e. The molecule has 0 bridgehead atoms. The Balaban J connectivity index is 2.21. The van der Waals surface area contributed by atoms with Gasteiger partial charge in [-0.15, -0.1) is 11.3 Å². The van der Waals surface area contributed by atoms with Crippen molar-refractivity contribution in [2.24, 2.45) is 5.73 Å². The van der Waals surface area contributed by atoms with Crippen LogP contribution in [-0.2, 0) is 4.79 Å². The number of carbonyl (C=O) groups excluding carboxylic acids is 1. The van der Waals surface area contributed by atoms with E-state index in [1.165, 1.54) is 11.3 Å². The van der Waals surface area contributed by atoms with E-state index in [0.29, 0.717) is 10.7 Å². The summed E-state index contributed by atoms with van der Waals surface area (Å²) in [4.78, 5) is 14.9. The minimum Gasteiger partial charge on any atom is -0.385 e. The Kier molecular flexibility index (Phi) is 3.79. The predicted molar refractivity (Wildman–Crippen MR) is 72.1 cm³/mol. The highest BCUT2D eigenvalue weighted by Gasteiger charge is 2.23. The number of aromatic nitrogens is 1. The zero-order chi connectivity index (χ0) is 14.0. The lowest BCUT2D eigenvalue weighted by Gasteiger charge is -2.15. The lowest BCUT2D eigenvalue weighted by Crippen LogP contribution is -2.33. The van der Waals surface area contributed by atoms with Crippen molar-refractivity contribution >= 4 is 22.4 Å². The van der Waals surface area contributed by atoms with E-state index < -0.39 is 18.1 Å². The van der Waals surface area contributed by atoms with E-state index in [1.54, 1.807) is 24.3 Å². The summed E-state index contributed by atoms with van der Waals surface area (Å²) in [6.45, 7) is 0. The van der Waals surface area contributed by atoms with Crippen LogP contribution in [0.3, 0.4) is 0 Å². The number of amides is 1. The van der Waals surface area contributed by atoms with E-state index in [4.69, 9.17) is 11.5 Å². The van der Waals surface area contributed by atoms with Crippen LogP contribution in [0, 0.1) is 0 Å². The number of rotatable bonds is 4. The molecule has 6 nitrogen and oxygen atoms in total. The first-order chi connectivity index (χ1) is 8.99. The lowest BCUT2D eigenvalue weighted by atomic mass is 10.0. The molecule has 0 aliphatic heterocycles. The van der Waals surface area contributed by atoms with Crippen molar-refractivity contribution in [1.29, 1.82) is 0 Å². The molecule has 0 fully saturated rings. The van der Waals surface area contributed by atoms with Crippen molar-refractivity contribution in [3.8, 4) is 11.3 Å². The molecule has 0 saturated carbocycles. The number of anilines is 1. The molecule has 100 valence electrons. The van der Waals surface area contributed by atoms with Gasteiger partial charge in [0.05, 0.1) is 5.69 Å². The van der Waals surface area contributed by atoms with Gasteiger partial charge >= 0.3 is 0 Å². The maximum atomic E-state index is 10.8. The summed E-state index contributed by atoms with van der Waals surface area (Å²) >= 11 is 1.33. The highest BCUT2D eigenvalue weighted by Crippen LogP contribution is 2.25. The van der Waals surface area contributed by atoms with Crippen LogP contribution in [0.1, 0.15) is 11.7 Å². The number of hydrogen-bond donors (Lipinski definition) is 4. The van der Waals surface area contributed by atoms with Crippen LogP contribution in [0.25, 0.3) is 11.3 Å². The Morgan fingerprint density at radius 3 is 2.37 bits per heavy atom. The van der Waals surface area contributed by atoms with Crippen LogP contribution in [-0.4, -0.2) is 27.2 Å².